The third-order valence-corrected chi connectivity index (χ3v) is 4.14. The Hall–Kier alpha value is -3.00. The third-order valence-electron chi connectivity index (χ3n) is 4.14. The van der Waals surface area contributed by atoms with Crippen LogP contribution in [0.2, 0.25) is 0 Å². The van der Waals surface area contributed by atoms with Gasteiger partial charge in [-0.05, 0) is 12.8 Å². The highest BCUT2D eigenvalue weighted by Gasteiger charge is 2.46. The van der Waals surface area contributed by atoms with Gasteiger partial charge in [-0.15, -0.1) is 0 Å². The lowest BCUT2D eigenvalue weighted by atomic mass is 9.63. The molecule has 6 nitrogen and oxygen atoms in total. The Morgan fingerprint density at radius 2 is 1.71 bits per heavy atom. The topological polar surface area (TPSA) is 132 Å². The van der Waals surface area contributed by atoms with E-state index in [9.17, 15) is 10.5 Å². The molecule has 6 heteroatoms. The van der Waals surface area contributed by atoms with Crippen LogP contribution in [0.3, 0.4) is 0 Å². The summed E-state index contributed by atoms with van der Waals surface area (Å²) < 4.78 is 0. The quantitative estimate of drug-likeness (QED) is 0.556. The lowest BCUT2D eigenvalue weighted by Crippen LogP contribution is -2.40. The van der Waals surface area contributed by atoms with Gasteiger partial charge in [-0.3, -0.25) is 0 Å². The number of hydrogen-bond donors (Lipinski definition) is 2. The van der Waals surface area contributed by atoms with E-state index >= 15 is 0 Å². The second-order valence-electron chi connectivity index (χ2n) is 5.13. The predicted octanol–water partition coefficient (Wildman–Crippen LogP) is 1.70. The molecular weight excluding hydrogens is 264 g/mol. The zero-order valence-corrected chi connectivity index (χ0v) is 11.4. The van der Waals surface area contributed by atoms with Crippen LogP contribution in [-0.2, 0) is 0 Å². The first kappa shape index (κ1) is 14.4. The van der Waals surface area contributed by atoms with Crippen LogP contribution in [0.1, 0.15) is 32.1 Å². The van der Waals surface area contributed by atoms with Crippen LogP contribution < -0.4 is 11.1 Å². The van der Waals surface area contributed by atoms with Gasteiger partial charge in [-0.25, -0.2) is 5.87 Å². The summed E-state index contributed by atoms with van der Waals surface area (Å²) in [6.45, 7) is 0. The Balaban J connectivity index is 2.74. The predicted molar refractivity (Wildman–Crippen MR) is 75.6 cm³/mol. The third kappa shape index (κ3) is 2.07. The molecule has 0 saturated heterocycles. The maximum atomic E-state index is 9.57. The minimum absolute atomic E-state index is 0.136. The molecule has 1 heterocycles. The number of allylic oxidation sites excluding steroid dienone is 3. The van der Waals surface area contributed by atoms with Crippen LogP contribution in [0.25, 0.3) is 5.41 Å². The van der Waals surface area contributed by atoms with E-state index in [2.05, 4.69) is 17.5 Å². The summed E-state index contributed by atoms with van der Waals surface area (Å²) in [6, 6.07) is 5.99. The highest BCUT2D eigenvalue weighted by atomic mass is 15.0. The van der Waals surface area contributed by atoms with Crippen LogP contribution in [0.15, 0.2) is 28.2 Å². The molecule has 2 rings (SSSR count). The average Bonchev–Trinajstić information content (AvgIpc) is 2.50. The molecule has 1 aliphatic heterocycles. The minimum atomic E-state index is -0.759. The number of rotatable bonds is 1. The molecule has 0 aromatic carbocycles. The van der Waals surface area contributed by atoms with Crippen molar-refractivity contribution >= 4 is 5.87 Å². The van der Waals surface area contributed by atoms with E-state index in [0.717, 1.165) is 19.3 Å². The van der Waals surface area contributed by atoms with E-state index in [0.29, 0.717) is 18.4 Å². The molecule has 0 aromatic rings. The van der Waals surface area contributed by atoms with E-state index in [1.54, 1.807) is 11.9 Å². The molecule has 1 aliphatic carbocycles. The van der Waals surface area contributed by atoms with Crippen molar-refractivity contribution in [2.24, 2.45) is 11.1 Å². The summed E-state index contributed by atoms with van der Waals surface area (Å²) in [4.78, 5) is 0. The zero-order valence-electron chi connectivity index (χ0n) is 11.4. The number of hydrogen-bond acceptors (Lipinski definition) is 5. The maximum Gasteiger partial charge on any atom is 0.116 e. The van der Waals surface area contributed by atoms with Crippen LogP contribution in [0.4, 0.5) is 0 Å². The van der Waals surface area contributed by atoms with Gasteiger partial charge in [0.15, 0.2) is 0 Å². The number of nitriles is 3. The van der Waals surface area contributed by atoms with E-state index < -0.39 is 5.41 Å². The smallest absolute Gasteiger partial charge is 0.116 e. The largest absolute Gasteiger partial charge is 0.762 e. The Labute approximate surface area is 123 Å². The van der Waals surface area contributed by atoms with Gasteiger partial charge in [0.25, 0.3) is 0 Å². The van der Waals surface area contributed by atoms with E-state index in [1.165, 1.54) is 0 Å². The van der Waals surface area contributed by atoms with Crippen LogP contribution in [0, 0.1) is 39.4 Å². The Morgan fingerprint density at radius 1 is 1.10 bits per heavy atom. The fourth-order valence-corrected chi connectivity index (χ4v) is 3.19. The SMILES string of the molecule is N#CC(=C=[N-])C1=C(C#N)C2(CCCCC2)C(C#N)=C(N)N1. The van der Waals surface area contributed by atoms with Crippen molar-refractivity contribution < 1.29 is 0 Å². The first-order chi connectivity index (χ1) is 10.1. The molecular formula is C15H13N6-. The standard InChI is InChI=1S/C15H13N6/c16-6-10(7-17)13-11(8-18)15(4-2-1-3-5-15)12(9-19)14(20)21-13/h21H,1-5,20H2/q-1. The second-order valence-corrected chi connectivity index (χ2v) is 5.13. The summed E-state index contributed by atoms with van der Waals surface area (Å²) in [7, 11) is 0. The Bertz CT molecular complexity index is 707. The molecule has 0 unspecified atom stereocenters. The van der Waals surface area contributed by atoms with Crippen LogP contribution in [0.5, 0.6) is 0 Å². The first-order valence-electron chi connectivity index (χ1n) is 6.64. The molecule has 0 radical (unpaired) electrons. The number of nitrogens with zero attached hydrogens (tertiary/aromatic N) is 4. The van der Waals surface area contributed by atoms with Gasteiger partial charge in [0.2, 0.25) is 0 Å². The lowest BCUT2D eigenvalue weighted by Gasteiger charge is -2.41. The monoisotopic (exact) mass is 277 g/mol. The van der Waals surface area contributed by atoms with Crippen molar-refractivity contribution in [3.63, 3.8) is 0 Å². The molecule has 0 amide bonds. The molecule has 3 N–H and O–H groups in total. The van der Waals surface area contributed by atoms with Crippen molar-refractivity contribution in [3.05, 3.63) is 33.6 Å². The van der Waals surface area contributed by atoms with Gasteiger partial charge in [0.1, 0.15) is 11.9 Å². The summed E-state index contributed by atoms with van der Waals surface area (Å²) in [5.74, 6) is 1.92. The normalized spacial score (nSPS) is 19.9. The summed E-state index contributed by atoms with van der Waals surface area (Å²) in [5.41, 5.74) is 5.76. The molecule has 2 aliphatic rings. The fourth-order valence-electron chi connectivity index (χ4n) is 3.19. The highest BCUT2D eigenvalue weighted by Crippen LogP contribution is 2.51. The van der Waals surface area contributed by atoms with Crippen molar-refractivity contribution in [2.45, 2.75) is 32.1 Å². The van der Waals surface area contributed by atoms with Gasteiger partial charge >= 0.3 is 0 Å². The lowest BCUT2D eigenvalue weighted by molar-refractivity contribution is 0.293. The molecule has 1 fully saturated rings. The molecule has 1 saturated carbocycles. The van der Waals surface area contributed by atoms with Gasteiger partial charge < -0.3 is 16.5 Å². The highest BCUT2D eigenvalue weighted by molar-refractivity contribution is 5.75. The minimum Gasteiger partial charge on any atom is -0.762 e. The van der Waals surface area contributed by atoms with E-state index in [-0.39, 0.29) is 22.7 Å². The van der Waals surface area contributed by atoms with Crippen LogP contribution >= 0.6 is 0 Å². The second kappa shape index (κ2) is 5.55. The maximum absolute atomic E-state index is 9.57. The van der Waals surface area contributed by atoms with Gasteiger partial charge in [0, 0.05) is 5.41 Å². The number of nitrogens with two attached hydrogens (primary N) is 1. The number of dihydropyridines is 1. The van der Waals surface area contributed by atoms with Crippen molar-refractivity contribution in [1.29, 1.82) is 15.8 Å². The first-order valence-corrected chi connectivity index (χ1v) is 6.64. The van der Waals surface area contributed by atoms with E-state index in [1.807, 2.05) is 0 Å². The van der Waals surface area contributed by atoms with Gasteiger partial charge in [-0.2, -0.15) is 15.8 Å². The molecule has 21 heavy (non-hydrogen) atoms. The molecule has 0 atom stereocenters. The van der Waals surface area contributed by atoms with Crippen LogP contribution in [-0.4, -0.2) is 5.87 Å². The van der Waals surface area contributed by atoms with Gasteiger partial charge in [0.05, 0.1) is 34.6 Å². The molecule has 0 bridgehead atoms. The Morgan fingerprint density at radius 3 is 2.19 bits per heavy atom. The summed E-state index contributed by atoms with van der Waals surface area (Å²) in [5, 5.41) is 39.8. The van der Waals surface area contributed by atoms with E-state index in [4.69, 9.17) is 16.4 Å². The molecule has 104 valence electrons. The average molecular weight is 277 g/mol. The fraction of sp³-hybridized carbons (Fsp3) is 0.400. The zero-order chi connectivity index (χ0) is 15.5. The number of nitrogens with one attached hydrogen (secondary N) is 1. The summed E-state index contributed by atoms with van der Waals surface area (Å²) in [6.07, 6.45) is 4.06. The van der Waals surface area contributed by atoms with Gasteiger partial charge in [-0.1, -0.05) is 19.3 Å². The molecule has 1 spiro atoms. The van der Waals surface area contributed by atoms with Crippen molar-refractivity contribution in [3.8, 4) is 18.2 Å². The summed E-state index contributed by atoms with van der Waals surface area (Å²) >= 11 is 0. The Kier molecular flexibility index (Phi) is 3.81. The van der Waals surface area contributed by atoms with Crippen molar-refractivity contribution in [2.75, 3.05) is 0 Å². The molecule has 0 aromatic heterocycles. The van der Waals surface area contributed by atoms with Crippen molar-refractivity contribution in [1.82, 2.24) is 5.32 Å².